The van der Waals surface area contributed by atoms with Gasteiger partial charge in [0.1, 0.15) is 0 Å². The van der Waals surface area contributed by atoms with Crippen LogP contribution in [0.3, 0.4) is 0 Å². The molecule has 1 aromatic carbocycles. The molecule has 7 nitrogen and oxygen atoms in total. The van der Waals surface area contributed by atoms with Gasteiger partial charge in [0.05, 0.1) is 5.75 Å². The molecule has 0 unspecified atom stereocenters. The minimum absolute atomic E-state index is 0.123. The number of thioether (sulfide) groups is 1. The van der Waals surface area contributed by atoms with Crippen LogP contribution in [0.25, 0.3) is 0 Å². The van der Waals surface area contributed by atoms with E-state index in [2.05, 4.69) is 45.2 Å². The minimum Gasteiger partial charge on any atom is -0.335 e. The van der Waals surface area contributed by atoms with Gasteiger partial charge in [0, 0.05) is 11.7 Å². The van der Waals surface area contributed by atoms with Gasteiger partial charge in [-0.2, -0.15) is 0 Å². The summed E-state index contributed by atoms with van der Waals surface area (Å²) in [6, 6.07) is 7.93. The first-order valence-corrected chi connectivity index (χ1v) is 9.85. The molecule has 1 aliphatic rings. The van der Waals surface area contributed by atoms with E-state index in [1.54, 1.807) is 0 Å². The van der Waals surface area contributed by atoms with Gasteiger partial charge in [-0.3, -0.25) is 10.1 Å². The molecule has 1 heterocycles. The molecule has 1 fully saturated rings. The number of imide groups is 1. The molecule has 9 heteroatoms. The van der Waals surface area contributed by atoms with Crippen molar-refractivity contribution in [2.75, 3.05) is 11.1 Å². The largest absolute Gasteiger partial charge is 0.335 e. The van der Waals surface area contributed by atoms with E-state index in [1.165, 1.54) is 28.7 Å². The highest BCUT2D eigenvalue weighted by atomic mass is 32.2. The number of aromatic nitrogens is 2. The second kappa shape index (κ2) is 8.30. The molecule has 3 amide bonds. The van der Waals surface area contributed by atoms with E-state index in [-0.39, 0.29) is 17.7 Å². The van der Waals surface area contributed by atoms with Gasteiger partial charge in [-0.15, -0.1) is 10.2 Å². The van der Waals surface area contributed by atoms with Gasteiger partial charge < -0.3 is 10.6 Å². The Balaban J connectivity index is 1.44. The fourth-order valence-electron chi connectivity index (χ4n) is 2.01. The van der Waals surface area contributed by atoms with Gasteiger partial charge in [-0.05, 0) is 37.0 Å². The maximum Gasteiger partial charge on any atom is 0.321 e. The summed E-state index contributed by atoms with van der Waals surface area (Å²) in [5, 5.41) is 17.0. The second-order valence-electron chi connectivity index (χ2n) is 5.63. The van der Waals surface area contributed by atoms with E-state index in [9.17, 15) is 9.59 Å². The van der Waals surface area contributed by atoms with Crippen LogP contribution in [0.5, 0.6) is 0 Å². The summed E-state index contributed by atoms with van der Waals surface area (Å²) in [6.07, 6.45) is 2.97. The number of carbonyl (C=O) groups excluding carboxylic acids is 2. The molecular weight excluding hydrogens is 358 g/mol. The Bertz CT molecular complexity index is 743. The summed E-state index contributed by atoms with van der Waals surface area (Å²) in [5.74, 6) is -0.221. The van der Waals surface area contributed by atoms with Crippen LogP contribution in [-0.2, 0) is 11.2 Å². The highest BCUT2D eigenvalue weighted by Gasteiger charge is 2.23. The molecule has 2 aromatic rings. The molecule has 1 aromatic heterocycles. The maximum absolute atomic E-state index is 11.7. The Morgan fingerprint density at radius 3 is 2.68 bits per heavy atom. The predicted octanol–water partition coefficient (Wildman–Crippen LogP) is 2.92. The number of aryl methyl sites for hydroxylation is 1. The number of nitrogens with one attached hydrogen (secondary N) is 3. The summed E-state index contributed by atoms with van der Waals surface area (Å²) < 4.78 is 0.672. The Morgan fingerprint density at radius 2 is 2.00 bits per heavy atom. The summed E-state index contributed by atoms with van der Waals surface area (Å²) in [4.78, 5) is 23.2. The molecule has 0 spiro atoms. The molecular formula is C16H19N5O2S2. The van der Waals surface area contributed by atoms with Crippen molar-refractivity contribution in [1.29, 1.82) is 0 Å². The van der Waals surface area contributed by atoms with E-state index in [0.29, 0.717) is 9.47 Å². The van der Waals surface area contributed by atoms with Crippen molar-refractivity contribution in [2.45, 2.75) is 36.6 Å². The number of carbonyl (C=O) groups is 2. The SMILES string of the molecule is CCc1ccc(Nc2nnc(SCC(=O)NC(=O)NC3CC3)s2)cc1. The molecule has 1 aliphatic carbocycles. The number of urea groups is 1. The molecule has 3 N–H and O–H groups in total. The molecule has 132 valence electrons. The highest BCUT2D eigenvalue weighted by Crippen LogP contribution is 2.27. The number of nitrogens with zero attached hydrogens (tertiary/aromatic N) is 2. The van der Waals surface area contributed by atoms with Crippen LogP contribution in [0, 0.1) is 0 Å². The van der Waals surface area contributed by atoms with E-state index < -0.39 is 6.03 Å². The van der Waals surface area contributed by atoms with Gasteiger partial charge in [-0.1, -0.05) is 42.2 Å². The third-order valence-electron chi connectivity index (χ3n) is 3.51. The van der Waals surface area contributed by atoms with Crippen LogP contribution in [0.15, 0.2) is 28.6 Å². The molecule has 25 heavy (non-hydrogen) atoms. The van der Waals surface area contributed by atoms with Crippen LogP contribution in [0.2, 0.25) is 0 Å². The Hall–Kier alpha value is -2.13. The van der Waals surface area contributed by atoms with Crippen molar-refractivity contribution in [1.82, 2.24) is 20.8 Å². The summed E-state index contributed by atoms with van der Waals surface area (Å²) in [7, 11) is 0. The van der Waals surface area contributed by atoms with Crippen LogP contribution in [-0.4, -0.2) is 33.9 Å². The average molecular weight is 377 g/mol. The molecule has 0 atom stereocenters. The third kappa shape index (κ3) is 5.71. The van der Waals surface area contributed by atoms with Gasteiger partial charge in [0.25, 0.3) is 0 Å². The molecule has 0 bridgehead atoms. The number of hydrogen-bond acceptors (Lipinski definition) is 7. The lowest BCUT2D eigenvalue weighted by Crippen LogP contribution is -2.41. The van der Waals surface area contributed by atoms with E-state index >= 15 is 0 Å². The van der Waals surface area contributed by atoms with Crippen molar-refractivity contribution in [3.8, 4) is 0 Å². The standard InChI is InChI=1S/C16H19N5O2S2/c1-2-10-3-5-12(6-4-10)18-15-20-21-16(25-15)24-9-13(22)19-14(23)17-11-7-8-11/h3-6,11H,2,7-9H2,1H3,(H,18,20)(H2,17,19,22,23). The number of benzene rings is 1. The smallest absolute Gasteiger partial charge is 0.321 e. The Morgan fingerprint density at radius 1 is 1.24 bits per heavy atom. The minimum atomic E-state index is -0.428. The lowest BCUT2D eigenvalue weighted by atomic mass is 10.1. The number of rotatable bonds is 7. The van der Waals surface area contributed by atoms with Crippen LogP contribution in [0.1, 0.15) is 25.3 Å². The van der Waals surface area contributed by atoms with Crippen LogP contribution in [0.4, 0.5) is 15.6 Å². The van der Waals surface area contributed by atoms with Crippen molar-refractivity contribution in [3.05, 3.63) is 29.8 Å². The van der Waals surface area contributed by atoms with E-state index in [0.717, 1.165) is 24.9 Å². The summed E-state index contributed by atoms with van der Waals surface area (Å²) in [5.41, 5.74) is 2.22. The van der Waals surface area contributed by atoms with Gasteiger partial charge in [-0.25, -0.2) is 4.79 Å². The number of hydrogen-bond donors (Lipinski definition) is 3. The summed E-state index contributed by atoms with van der Waals surface area (Å²) >= 11 is 2.62. The lowest BCUT2D eigenvalue weighted by molar-refractivity contribution is -0.117. The third-order valence-corrected chi connectivity index (χ3v) is 5.48. The first-order valence-electron chi connectivity index (χ1n) is 8.05. The van der Waals surface area contributed by atoms with Crippen LogP contribution < -0.4 is 16.0 Å². The van der Waals surface area contributed by atoms with Gasteiger partial charge >= 0.3 is 6.03 Å². The molecule has 1 saturated carbocycles. The average Bonchev–Trinajstić information content (AvgIpc) is 3.30. The quantitative estimate of drug-likeness (QED) is 0.642. The first-order chi connectivity index (χ1) is 12.1. The fraction of sp³-hybridized carbons (Fsp3) is 0.375. The topological polar surface area (TPSA) is 96.0 Å². The normalized spacial score (nSPS) is 13.3. The number of amides is 3. The van der Waals surface area contributed by atoms with Crippen molar-refractivity contribution < 1.29 is 9.59 Å². The molecule has 3 rings (SSSR count). The van der Waals surface area contributed by atoms with Crippen molar-refractivity contribution >= 4 is 45.9 Å². The van der Waals surface area contributed by atoms with E-state index in [1.807, 2.05) is 12.1 Å². The number of anilines is 2. The van der Waals surface area contributed by atoms with Crippen LogP contribution >= 0.6 is 23.1 Å². The second-order valence-corrected chi connectivity index (χ2v) is 7.83. The zero-order valence-corrected chi connectivity index (χ0v) is 15.4. The van der Waals surface area contributed by atoms with Crippen molar-refractivity contribution in [3.63, 3.8) is 0 Å². The monoisotopic (exact) mass is 377 g/mol. The molecule has 0 aliphatic heterocycles. The van der Waals surface area contributed by atoms with E-state index in [4.69, 9.17) is 0 Å². The molecule has 0 saturated heterocycles. The zero-order chi connectivity index (χ0) is 17.6. The highest BCUT2D eigenvalue weighted by molar-refractivity contribution is 8.01. The lowest BCUT2D eigenvalue weighted by Gasteiger charge is -2.04. The Labute approximate surface area is 154 Å². The maximum atomic E-state index is 11.7. The fourth-order valence-corrected chi connectivity index (χ4v) is 3.58. The predicted molar refractivity (Wildman–Crippen MR) is 99.4 cm³/mol. The molecule has 0 radical (unpaired) electrons. The van der Waals surface area contributed by atoms with Crippen molar-refractivity contribution in [2.24, 2.45) is 0 Å². The Kier molecular flexibility index (Phi) is 5.87. The first kappa shape index (κ1) is 17.7. The van der Waals surface area contributed by atoms with Gasteiger partial charge in [0.15, 0.2) is 4.34 Å². The summed E-state index contributed by atoms with van der Waals surface area (Å²) in [6.45, 7) is 2.11. The van der Waals surface area contributed by atoms with Gasteiger partial charge in [0.2, 0.25) is 11.0 Å². The zero-order valence-electron chi connectivity index (χ0n) is 13.7.